The average molecular weight is 566 g/mol. The van der Waals surface area contributed by atoms with Crippen molar-refractivity contribution in [3.8, 4) is 5.82 Å². The van der Waals surface area contributed by atoms with Gasteiger partial charge in [-0.15, -0.1) is 0 Å². The molecule has 0 spiro atoms. The molecule has 3 aromatic heterocycles. The highest BCUT2D eigenvalue weighted by Gasteiger charge is 2.28. The Kier molecular flexibility index (Phi) is 7.04. The topological polar surface area (TPSA) is 107 Å². The van der Waals surface area contributed by atoms with Crippen molar-refractivity contribution < 1.29 is 18.3 Å². The zero-order valence-corrected chi connectivity index (χ0v) is 24.0. The molecule has 0 unspecified atom stereocenters. The summed E-state index contributed by atoms with van der Waals surface area (Å²) in [6.45, 7) is 11.0. The number of hydrogen-bond acceptors (Lipinski definition) is 7. The summed E-state index contributed by atoms with van der Waals surface area (Å²) in [6, 6.07) is 8.33. The van der Waals surface area contributed by atoms with Crippen LogP contribution in [-0.4, -0.2) is 47.5 Å². The minimum atomic E-state index is -2.03. The number of hydrogen-bond donors (Lipinski definition) is 1. The zero-order chi connectivity index (χ0) is 29.7. The van der Waals surface area contributed by atoms with Gasteiger partial charge in [0.1, 0.15) is 28.2 Å². The fourth-order valence-electron chi connectivity index (χ4n) is 4.82. The minimum Gasteiger partial charge on any atom is -0.444 e. The normalized spacial score (nSPS) is 13.8. The molecule has 1 aromatic carbocycles. The number of nitrogens with one attached hydrogen (secondary N) is 1. The number of halogens is 2. The van der Waals surface area contributed by atoms with E-state index in [1.165, 1.54) is 35.5 Å². The SMILES string of the molecule is CCn1c(=O)c2cnc(Nc3ccc4c(c3)CN(C(=O)OC(C)(C)C)CC4)nc2n1-c1ccc(F)c(C(C)(C)F)n1. The summed E-state index contributed by atoms with van der Waals surface area (Å²) in [7, 11) is 0. The van der Waals surface area contributed by atoms with E-state index in [1.54, 1.807) is 11.8 Å². The van der Waals surface area contributed by atoms with Crippen LogP contribution in [0.2, 0.25) is 0 Å². The van der Waals surface area contributed by atoms with Crippen molar-refractivity contribution in [1.29, 1.82) is 0 Å². The average Bonchev–Trinajstić information content (AvgIpc) is 3.17. The van der Waals surface area contributed by atoms with Gasteiger partial charge in [-0.05, 0) is 83.4 Å². The Morgan fingerprint density at radius 1 is 1.10 bits per heavy atom. The first-order valence-corrected chi connectivity index (χ1v) is 13.5. The Hall–Kier alpha value is -4.35. The Balaban J connectivity index is 1.49. The molecule has 0 atom stereocenters. The van der Waals surface area contributed by atoms with Crippen LogP contribution in [0.15, 0.2) is 41.3 Å². The molecule has 0 saturated heterocycles. The molecule has 10 nitrogen and oxygen atoms in total. The van der Waals surface area contributed by atoms with Crippen molar-refractivity contribution in [3.05, 3.63) is 69.5 Å². The summed E-state index contributed by atoms with van der Waals surface area (Å²) in [5.74, 6) is -0.410. The molecule has 5 rings (SSSR count). The van der Waals surface area contributed by atoms with Gasteiger partial charge in [0.2, 0.25) is 5.95 Å². The van der Waals surface area contributed by atoms with Crippen molar-refractivity contribution >= 4 is 28.8 Å². The molecule has 0 saturated carbocycles. The Morgan fingerprint density at radius 3 is 2.54 bits per heavy atom. The number of pyridine rings is 1. The fourth-order valence-corrected chi connectivity index (χ4v) is 4.82. The molecule has 1 aliphatic rings. The molecule has 12 heteroatoms. The number of amides is 1. The van der Waals surface area contributed by atoms with E-state index in [1.807, 2.05) is 39.0 Å². The van der Waals surface area contributed by atoms with Crippen molar-refractivity contribution in [2.75, 3.05) is 11.9 Å². The fraction of sp³-hybridized carbons (Fsp3) is 0.414. The van der Waals surface area contributed by atoms with Crippen LogP contribution in [0.5, 0.6) is 0 Å². The molecule has 0 bridgehead atoms. The second kappa shape index (κ2) is 10.2. The van der Waals surface area contributed by atoms with E-state index in [2.05, 4.69) is 20.3 Å². The van der Waals surface area contributed by atoms with E-state index >= 15 is 0 Å². The number of nitrogens with zero attached hydrogens (tertiary/aromatic N) is 6. The number of benzene rings is 1. The van der Waals surface area contributed by atoms with Crippen molar-refractivity contribution in [3.63, 3.8) is 0 Å². The summed E-state index contributed by atoms with van der Waals surface area (Å²) in [6.07, 6.45) is 1.76. The third kappa shape index (κ3) is 5.63. The third-order valence-corrected chi connectivity index (χ3v) is 6.71. The van der Waals surface area contributed by atoms with Gasteiger partial charge in [0.05, 0.1) is 0 Å². The van der Waals surface area contributed by atoms with Gasteiger partial charge in [-0.3, -0.25) is 4.79 Å². The van der Waals surface area contributed by atoms with Crippen LogP contribution in [0.1, 0.15) is 58.4 Å². The Morgan fingerprint density at radius 2 is 1.85 bits per heavy atom. The molecule has 41 heavy (non-hydrogen) atoms. The van der Waals surface area contributed by atoms with Crippen LogP contribution < -0.4 is 10.9 Å². The number of anilines is 2. The molecular weight excluding hydrogens is 532 g/mol. The van der Waals surface area contributed by atoms with Gasteiger partial charge in [-0.25, -0.2) is 32.9 Å². The molecule has 1 N–H and O–H groups in total. The maximum Gasteiger partial charge on any atom is 0.410 e. The highest BCUT2D eigenvalue weighted by molar-refractivity contribution is 5.77. The van der Waals surface area contributed by atoms with E-state index in [-0.39, 0.29) is 46.7 Å². The number of aromatic nitrogens is 5. The lowest BCUT2D eigenvalue weighted by Gasteiger charge is -2.31. The Labute approximate surface area is 236 Å². The highest BCUT2D eigenvalue weighted by atomic mass is 19.1. The number of ether oxygens (including phenoxy) is 1. The summed E-state index contributed by atoms with van der Waals surface area (Å²) < 4.78 is 37.5. The van der Waals surface area contributed by atoms with E-state index < -0.39 is 17.1 Å². The Bertz CT molecular complexity index is 1700. The molecule has 4 aromatic rings. The first-order valence-electron chi connectivity index (χ1n) is 13.5. The maximum atomic E-state index is 14.7. The van der Waals surface area contributed by atoms with E-state index in [4.69, 9.17) is 4.74 Å². The van der Waals surface area contributed by atoms with E-state index in [9.17, 15) is 18.4 Å². The second-order valence-electron chi connectivity index (χ2n) is 11.5. The van der Waals surface area contributed by atoms with Gasteiger partial charge in [0.15, 0.2) is 11.5 Å². The highest BCUT2D eigenvalue weighted by Crippen LogP contribution is 2.28. The van der Waals surface area contributed by atoms with Crippen LogP contribution in [0.4, 0.5) is 25.2 Å². The van der Waals surface area contributed by atoms with Crippen molar-refractivity contribution in [2.45, 2.75) is 72.3 Å². The first kappa shape index (κ1) is 28.2. The first-order chi connectivity index (χ1) is 19.2. The summed E-state index contributed by atoms with van der Waals surface area (Å²) in [4.78, 5) is 40.6. The van der Waals surface area contributed by atoms with E-state index in [0.717, 1.165) is 17.2 Å². The number of alkyl halides is 1. The maximum absolute atomic E-state index is 14.7. The van der Waals surface area contributed by atoms with Gasteiger partial charge < -0.3 is 15.0 Å². The lowest BCUT2D eigenvalue weighted by molar-refractivity contribution is 0.0224. The summed E-state index contributed by atoms with van der Waals surface area (Å²) in [5, 5.41) is 3.42. The van der Waals surface area contributed by atoms with E-state index in [0.29, 0.717) is 25.2 Å². The number of fused-ring (bicyclic) bond motifs is 2. The molecule has 1 aliphatic heterocycles. The van der Waals surface area contributed by atoms with Crippen LogP contribution in [0, 0.1) is 5.82 Å². The standard InChI is InChI=1S/C29H33F2N7O3/c1-7-37-25(39)20-15-32-26(35-24(20)38(37)22-11-10-21(30)23(34-22)29(5,6)31)33-19-9-8-17-12-13-36(16-18(17)14-19)27(40)41-28(2,3)4/h8-11,14-15H,7,12-13,16H2,1-6H3,(H,32,33,35). The van der Waals surface area contributed by atoms with Crippen LogP contribution in [0.3, 0.4) is 0 Å². The van der Waals surface area contributed by atoms with Crippen molar-refractivity contribution in [2.24, 2.45) is 0 Å². The molecule has 0 fully saturated rings. The number of rotatable bonds is 5. The molecule has 4 heterocycles. The number of carbonyl (C=O) groups excluding carboxylic acids is 1. The summed E-state index contributed by atoms with van der Waals surface area (Å²) in [5.41, 5.74) is -0.293. The smallest absolute Gasteiger partial charge is 0.410 e. The van der Waals surface area contributed by atoms with Crippen LogP contribution in [-0.2, 0) is 29.9 Å². The van der Waals surface area contributed by atoms with Crippen molar-refractivity contribution in [1.82, 2.24) is 29.2 Å². The number of carbonyl (C=O) groups is 1. The van der Waals surface area contributed by atoms with Crippen LogP contribution in [0.25, 0.3) is 16.9 Å². The van der Waals surface area contributed by atoms with Gasteiger partial charge in [-0.1, -0.05) is 6.07 Å². The molecule has 0 radical (unpaired) electrons. The quantitative estimate of drug-likeness (QED) is 0.346. The molecule has 216 valence electrons. The zero-order valence-electron chi connectivity index (χ0n) is 24.0. The largest absolute Gasteiger partial charge is 0.444 e. The summed E-state index contributed by atoms with van der Waals surface area (Å²) >= 11 is 0. The van der Waals surface area contributed by atoms with Crippen LogP contribution >= 0.6 is 0 Å². The monoisotopic (exact) mass is 565 g/mol. The minimum absolute atomic E-state index is 0.154. The molecule has 0 aliphatic carbocycles. The van der Waals surface area contributed by atoms with Gasteiger partial charge in [0, 0.05) is 31.5 Å². The molecular formula is C29H33F2N7O3. The lowest BCUT2D eigenvalue weighted by atomic mass is 9.99. The van der Waals surface area contributed by atoms with Gasteiger partial charge in [-0.2, -0.15) is 4.98 Å². The predicted molar refractivity (Wildman–Crippen MR) is 151 cm³/mol. The second-order valence-corrected chi connectivity index (χ2v) is 11.5. The van der Waals surface area contributed by atoms with Gasteiger partial charge >= 0.3 is 6.09 Å². The lowest BCUT2D eigenvalue weighted by Crippen LogP contribution is -2.39. The predicted octanol–water partition coefficient (Wildman–Crippen LogP) is 5.38. The molecule has 1 amide bonds. The van der Waals surface area contributed by atoms with Gasteiger partial charge in [0.25, 0.3) is 5.56 Å². The third-order valence-electron chi connectivity index (χ3n) is 6.71.